The van der Waals surface area contributed by atoms with E-state index < -0.39 is 5.90 Å². The normalized spacial score (nSPS) is 15.6. The number of aryl methyl sites for hydroxylation is 1. The van der Waals surface area contributed by atoms with Gasteiger partial charge in [0.05, 0.1) is 10.6 Å². The third-order valence-electron chi connectivity index (χ3n) is 3.53. The van der Waals surface area contributed by atoms with Crippen LogP contribution in [0.25, 0.3) is 10.2 Å². The Kier molecular flexibility index (Phi) is 2.86. The zero-order chi connectivity index (χ0) is 15.3. The average Bonchev–Trinajstić information content (AvgIpc) is 3.16. The largest absolute Gasteiger partial charge is 0.857 e. The predicted octanol–water partition coefficient (Wildman–Crippen LogP) is 1.24. The van der Waals surface area contributed by atoms with Gasteiger partial charge in [0, 0.05) is 29.8 Å². The topological polar surface area (TPSA) is 104 Å². The molecule has 3 aromatic heterocycles. The Morgan fingerprint density at radius 1 is 1.50 bits per heavy atom. The maximum absolute atomic E-state index is 12.3. The molecule has 2 N–H and O–H groups in total. The zero-order valence-corrected chi connectivity index (χ0v) is 12.6. The molecular formula is C14H13N5O2S. The molecule has 0 aromatic carbocycles. The van der Waals surface area contributed by atoms with E-state index >= 15 is 0 Å². The van der Waals surface area contributed by atoms with Gasteiger partial charge in [0.25, 0.3) is 6.20 Å². The fourth-order valence-corrected chi connectivity index (χ4v) is 3.23. The Hall–Kier alpha value is -2.48. The van der Waals surface area contributed by atoms with Crippen LogP contribution in [-0.2, 0) is 0 Å². The Balaban J connectivity index is 1.72. The van der Waals surface area contributed by atoms with E-state index in [1.165, 1.54) is 11.3 Å². The van der Waals surface area contributed by atoms with Crippen LogP contribution in [0.2, 0.25) is 0 Å². The van der Waals surface area contributed by atoms with Crippen molar-refractivity contribution in [2.45, 2.75) is 25.8 Å². The molecule has 1 fully saturated rings. The molecule has 0 unspecified atom stereocenters. The number of hydrogen-bond donors (Lipinski definition) is 1. The average molecular weight is 315 g/mol. The minimum absolute atomic E-state index is 0.192. The Bertz CT molecular complexity index is 894. The lowest BCUT2D eigenvalue weighted by molar-refractivity contribution is -0.765. The molecule has 112 valence electrons. The summed E-state index contributed by atoms with van der Waals surface area (Å²) >= 11 is 1.24. The highest BCUT2D eigenvalue weighted by molar-refractivity contribution is 7.21. The van der Waals surface area contributed by atoms with Crippen molar-refractivity contribution in [3.05, 3.63) is 28.9 Å². The van der Waals surface area contributed by atoms with Crippen molar-refractivity contribution in [1.29, 1.82) is 0 Å². The van der Waals surface area contributed by atoms with E-state index in [9.17, 15) is 5.11 Å². The number of nitrogens with zero attached hydrogens (tertiary/aromatic N) is 4. The van der Waals surface area contributed by atoms with Crippen molar-refractivity contribution in [2.75, 3.05) is 5.73 Å². The van der Waals surface area contributed by atoms with Crippen LogP contribution in [0, 0.1) is 6.92 Å². The van der Waals surface area contributed by atoms with E-state index in [1.807, 2.05) is 19.1 Å². The maximum atomic E-state index is 12.3. The number of rotatable bonds is 3. The van der Waals surface area contributed by atoms with E-state index in [0.29, 0.717) is 16.6 Å². The van der Waals surface area contributed by atoms with E-state index in [4.69, 9.17) is 10.3 Å². The van der Waals surface area contributed by atoms with Crippen LogP contribution in [0.4, 0.5) is 11.6 Å². The summed E-state index contributed by atoms with van der Waals surface area (Å²) in [6, 6.07) is 4.12. The molecule has 4 rings (SSSR count). The molecule has 3 heterocycles. The maximum Gasteiger partial charge on any atom is 0.320 e. The second-order valence-corrected chi connectivity index (χ2v) is 6.32. The number of anilines is 1. The lowest BCUT2D eigenvalue weighted by atomic mass is 10.2. The minimum Gasteiger partial charge on any atom is -0.857 e. The number of aliphatic imine (C=N–C) groups is 1. The van der Waals surface area contributed by atoms with Gasteiger partial charge in [-0.25, -0.2) is 9.98 Å². The summed E-state index contributed by atoms with van der Waals surface area (Å²) in [6.07, 6.45) is 3.80. The van der Waals surface area contributed by atoms with Gasteiger partial charge in [-0.2, -0.15) is 0 Å². The number of fused-ring (bicyclic) bond motifs is 1. The molecule has 0 spiro atoms. The number of thiophene rings is 1. The molecule has 3 aromatic rings. The molecular weight excluding hydrogens is 302 g/mol. The summed E-state index contributed by atoms with van der Waals surface area (Å²) in [6.45, 7) is 1.90. The molecule has 1 aliphatic carbocycles. The molecule has 22 heavy (non-hydrogen) atoms. The Labute approximate surface area is 129 Å². The number of nitrogens with two attached hydrogens (primary N) is 1. The van der Waals surface area contributed by atoms with Crippen molar-refractivity contribution < 1.29 is 14.3 Å². The van der Waals surface area contributed by atoms with Gasteiger partial charge in [-0.05, 0) is 23.7 Å². The van der Waals surface area contributed by atoms with Crippen LogP contribution < -0.4 is 15.5 Å². The van der Waals surface area contributed by atoms with E-state index in [2.05, 4.69) is 15.2 Å². The summed E-state index contributed by atoms with van der Waals surface area (Å²) in [4.78, 5) is 9.45. The van der Waals surface area contributed by atoms with Crippen LogP contribution in [0.1, 0.15) is 29.5 Å². The number of pyridine rings is 1. The number of hydrogen-bond acceptors (Lipinski definition) is 7. The van der Waals surface area contributed by atoms with Crippen LogP contribution in [0.3, 0.4) is 0 Å². The lowest BCUT2D eigenvalue weighted by Gasteiger charge is -2.06. The predicted molar refractivity (Wildman–Crippen MR) is 79.9 cm³/mol. The van der Waals surface area contributed by atoms with Crippen molar-refractivity contribution in [2.24, 2.45) is 4.99 Å². The van der Waals surface area contributed by atoms with Gasteiger partial charge < -0.3 is 10.8 Å². The summed E-state index contributed by atoms with van der Waals surface area (Å²) in [7, 11) is 0. The van der Waals surface area contributed by atoms with Gasteiger partial charge in [-0.15, -0.1) is 11.3 Å². The first-order chi connectivity index (χ1) is 10.6. The summed E-state index contributed by atoms with van der Waals surface area (Å²) < 4.78 is 6.76. The van der Waals surface area contributed by atoms with Gasteiger partial charge >= 0.3 is 5.88 Å². The fraction of sp³-hybridized carbons (Fsp3) is 0.286. The van der Waals surface area contributed by atoms with Crippen LogP contribution in [0.15, 0.2) is 27.8 Å². The molecule has 7 nitrogen and oxygen atoms in total. The second-order valence-electron chi connectivity index (χ2n) is 5.32. The van der Waals surface area contributed by atoms with Crippen molar-refractivity contribution >= 4 is 39.0 Å². The monoisotopic (exact) mass is 315 g/mol. The highest BCUT2D eigenvalue weighted by atomic mass is 32.1. The summed E-state index contributed by atoms with van der Waals surface area (Å²) in [5, 5.41) is 17.0. The molecule has 0 aliphatic heterocycles. The van der Waals surface area contributed by atoms with Crippen LogP contribution >= 0.6 is 11.3 Å². The van der Waals surface area contributed by atoms with E-state index in [1.54, 1.807) is 10.9 Å². The van der Waals surface area contributed by atoms with Gasteiger partial charge in [-0.3, -0.25) is 4.52 Å². The Morgan fingerprint density at radius 2 is 2.32 bits per heavy atom. The molecule has 8 heteroatoms. The molecule has 0 radical (unpaired) electrons. The van der Waals surface area contributed by atoms with Gasteiger partial charge in [0.1, 0.15) is 4.83 Å². The van der Waals surface area contributed by atoms with E-state index in [-0.39, 0.29) is 5.88 Å². The lowest BCUT2D eigenvalue weighted by Crippen LogP contribution is -2.32. The first kappa shape index (κ1) is 13.2. The van der Waals surface area contributed by atoms with Crippen molar-refractivity contribution in [3.63, 3.8) is 0 Å². The van der Waals surface area contributed by atoms with E-state index in [0.717, 1.165) is 28.8 Å². The number of nitrogen functional groups attached to an aromatic ring is 1. The molecule has 0 amide bonds. The van der Waals surface area contributed by atoms with Crippen molar-refractivity contribution in [3.8, 4) is 0 Å². The minimum atomic E-state index is -0.433. The van der Waals surface area contributed by atoms with Crippen LogP contribution in [0.5, 0.6) is 0 Å². The SMILES string of the molecule is Cc1ccc2c(N)c(/C([O-])=N/c3c[n+](C4CC4)no3)sc2n1. The first-order valence-electron chi connectivity index (χ1n) is 6.91. The van der Waals surface area contributed by atoms with Gasteiger partial charge in [0.15, 0.2) is 6.04 Å². The zero-order valence-electron chi connectivity index (χ0n) is 11.8. The first-order valence-corrected chi connectivity index (χ1v) is 7.73. The van der Waals surface area contributed by atoms with Crippen molar-refractivity contribution in [1.82, 2.24) is 10.3 Å². The smallest absolute Gasteiger partial charge is 0.320 e. The molecule has 0 saturated heterocycles. The number of aromatic nitrogens is 3. The highest BCUT2D eigenvalue weighted by Gasteiger charge is 2.35. The quantitative estimate of drug-likeness (QED) is 0.445. The highest BCUT2D eigenvalue weighted by Crippen LogP contribution is 2.33. The van der Waals surface area contributed by atoms with Crippen LogP contribution in [-0.4, -0.2) is 16.2 Å². The summed E-state index contributed by atoms with van der Waals surface area (Å²) in [5.41, 5.74) is 7.34. The Morgan fingerprint density at radius 3 is 3.09 bits per heavy atom. The fourth-order valence-electron chi connectivity index (χ4n) is 2.21. The molecule has 0 bridgehead atoms. The van der Waals surface area contributed by atoms with Gasteiger partial charge in [-0.1, -0.05) is 0 Å². The third kappa shape index (κ3) is 2.21. The molecule has 0 atom stereocenters. The molecule has 1 aliphatic rings. The third-order valence-corrected chi connectivity index (χ3v) is 4.63. The summed E-state index contributed by atoms with van der Waals surface area (Å²) in [5.74, 6) is -0.241. The second kappa shape index (κ2) is 4.77. The van der Waals surface area contributed by atoms with Gasteiger partial charge in [0.2, 0.25) is 5.27 Å². The standard InChI is InChI=1S/C14H13N5O2S/c1-7-2-5-9-11(15)12(22-14(9)16-7)13(20)17-10-6-19(18-21-10)8-3-4-8/h2,5-6,8H,3-4H2,1H3,(H2-,15,17,18,20). The molecule has 1 saturated carbocycles.